The van der Waals surface area contributed by atoms with Gasteiger partial charge in [-0.25, -0.2) is 4.39 Å². The molecule has 1 aliphatic heterocycles. The highest BCUT2D eigenvalue weighted by Crippen LogP contribution is 2.40. The number of amides is 1. The molecule has 2 unspecified atom stereocenters. The second-order valence-corrected chi connectivity index (χ2v) is 7.66. The molecule has 0 aromatic heterocycles. The molecule has 3 rings (SSSR count). The second-order valence-electron chi connectivity index (χ2n) is 7.66. The number of anilines is 1. The summed E-state index contributed by atoms with van der Waals surface area (Å²) in [5, 5.41) is 2.79. The first-order valence-electron chi connectivity index (χ1n) is 10.7. The van der Waals surface area contributed by atoms with Gasteiger partial charge in [0.2, 0.25) is 5.91 Å². The number of nitrogens with zero attached hydrogens (tertiary/aromatic N) is 1. The van der Waals surface area contributed by atoms with Crippen LogP contribution in [-0.2, 0) is 16.0 Å². The molecule has 0 radical (unpaired) electrons. The largest absolute Gasteiger partial charge is 0.426 e. The van der Waals surface area contributed by atoms with Crippen LogP contribution in [0.15, 0.2) is 54.6 Å². The maximum atomic E-state index is 12.9. The van der Waals surface area contributed by atoms with E-state index in [1.165, 1.54) is 18.2 Å². The van der Waals surface area contributed by atoms with Crippen LogP contribution in [0.3, 0.4) is 0 Å². The smallest absolute Gasteiger partial charge is 0.318 e. The highest BCUT2D eigenvalue weighted by atomic mass is 19.1. The Kier molecular flexibility index (Phi) is 7.45. The molecular formula is C25H29FN2O3. The van der Waals surface area contributed by atoms with Crippen LogP contribution in [0, 0.1) is 11.7 Å². The fourth-order valence-electron chi connectivity index (χ4n) is 3.82. The third kappa shape index (κ3) is 5.51. The second kappa shape index (κ2) is 10.2. The zero-order chi connectivity index (χ0) is 22.4. The first-order chi connectivity index (χ1) is 14.9. The van der Waals surface area contributed by atoms with Gasteiger partial charge in [-0.3, -0.25) is 9.59 Å². The fourth-order valence-corrected chi connectivity index (χ4v) is 3.82. The molecule has 1 amide bonds. The molecule has 2 atom stereocenters. The van der Waals surface area contributed by atoms with Crippen LogP contribution in [0.4, 0.5) is 10.1 Å². The van der Waals surface area contributed by atoms with E-state index in [2.05, 4.69) is 24.1 Å². The minimum atomic E-state index is -0.519. The molecule has 1 heterocycles. The number of hydrogen-bond donors (Lipinski definition) is 1. The molecular weight excluding hydrogens is 395 g/mol. The van der Waals surface area contributed by atoms with Crippen molar-refractivity contribution in [1.82, 2.24) is 5.32 Å². The summed E-state index contributed by atoms with van der Waals surface area (Å²) in [5.74, 6) is -0.929. The summed E-state index contributed by atoms with van der Waals surface area (Å²) in [7, 11) is 0. The molecule has 164 valence electrons. The summed E-state index contributed by atoms with van der Waals surface area (Å²) in [6, 6.07) is 12.2. The Hall–Kier alpha value is -3.15. The Balaban J connectivity index is 1.60. The molecule has 0 saturated heterocycles. The average molecular weight is 425 g/mol. The molecule has 2 aromatic carbocycles. The summed E-state index contributed by atoms with van der Waals surface area (Å²) in [6.45, 7) is 8.32. The molecule has 0 spiro atoms. The van der Waals surface area contributed by atoms with Gasteiger partial charge in [0.15, 0.2) is 0 Å². The maximum absolute atomic E-state index is 12.9. The summed E-state index contributed by atoms with van der Waals surface area (Å²) < 4.78 is 18.5. The molecule has 5 nitrogen and oxygen atoms in total. The van der Waals surface area contributed by atoms with Gasteiger partial charge in [-0.15, -0.1) is 0 Å². The van der Waals surface area contributed by atoms with Gasteiger partial charge >= 0.3 is 5.97 Å². The Morgan fingerprint density at radius 1 is 1.16 bits per heavy atom. The topological polar surface area (TPSA) is 58.6 Å². The summed E-state index contributed by atoms with van der Waals surface area (Å²) in [6.07, 6.45) is 3.60. The monoisotopic (exact) mass is 424 g/mol. The lowest BCUT2D eigenvalue weighted by Gasteiger charge is -2.29. The number of rotatable bonds is 8. The predicted octanol–water partition coefficient (Wildman–Crippen LogP) is 4.23. The minimum absolute atomic E-state index is 0.0923. The number of nitrogens with one attached hydrogen (secondary N) is 1. The van der Waals surface area contributed by atoms with E-state index in [9.17, 15) is 14.0 Å². The van der Waals surface area contributed by atoms with E-state index in [0.29, 0.717) is 18.7 Å². The average Bonchev–Trinajstić information content (AvgIpc) is 2.75. The molecule has 0 bridgehead atoms. The van der Waals surface area contributed by atoms with Gasteiger partial charge in [0.05, 0.1) is 5.92 Å². The zero-order valence-corrected chi connectivity index (χ0v) is 18.2. The molecule has 1 N–H and O–H groups in total. The number of fused-ring (bicyclic) bond motifs is 1. The van der Waals surface area contributed by atoms with Crippen molar-refractivity contribution in [3.63, 3.8) is 0 Å². The molecule has 1 aliphatic rings. The van der Waals surface area contributed by atoms with Crippen molar-refractivity contribution < 1.29 is 18.7 Å². The Morgan fingerprint density at radius 3 is 2.55 bits per heavy atom. The lowest BCUT2D eigenvalue weighted by Crippen LogP contribution is -2.30. The van der Waals surface area contributed by atoms with E-state index in [0.717, 1.165) is 29.9 Å². The number of benzene rings is 2. The van der Waals surface area contributed by atoms with E-state index in [1.807, 2.05) is 25.1 Å². The number of hydrogen-bond acceptors (Lipinski definition) is 4. The standard InChI is InChI=1S/C25H29FN2O3/c1-4-28(5-2)20-10-11-21-17(3)22(25(30)31-23(21)16-20)12-13-24(29)27-15-14-18-6-8-19(26)9-7-18/h6-13,16-17,22H,4-5,14-15H2,1-3H3,(H,27,29)/b13-12+. The third-order valence-corrected chi connectivity index (χ3v) is 5.72. The van der Waals surface area contributed by atoms with Crippen LogP contribution < -0.4 is 15.0 Å². The van der Waals surface area contributed by atoms with E-state index in [-0.39, 0.29) is 23.6 Å². The van der Waals surface area contributed by atoms with Gasteiger partial charge in [0, 0.05) is 37.3 Å². The van der Waals surface area contributed by atoms with Crippen molar-refractivity contribution in [1.29, 1.82) is 0 Å². The number of esters is 1. The molecule has 0 fully saturated rings. The van der Waals surface area contributed by atoms with Crippen molar-refractivity contribution in [2.75, 3.05) is 24.5 Å². The SMILES string of the molecule is CCN(CC)c1ccc2c(c1)OC(=O)C(/C=C/C(=O)NCCc1ccc(F)cc1)C2C. The van der Waals surface area contributed by atoms with Gasteiger partial charge < -0.3 is 15.0 Å². The van der Waals surface area contributed by atoms with Crippen LogP contribution in [-0.4, -0.2) is 31.5 Å². The van der Waals surface area contributed by atoms with Crippen molar-refractivity contribution in [2.24, 2.45) is 5.92 Å². The Bertz CT molecular complexity index is 952. The summed E-state index contributed by atoms with van der Waals surface area (Å²) in [4.78, 5) is 26.9. The first-order valence-corrected chi connectivity index (χ1v) is 10.7. The quantitative estimate of drug-likeness (QED) is 0.392. The molecule has 0 aliphatic carbocycles. The van der Waals surface area contributed by atoms with Crippen molar-refractivity contribution in [3.05, 3.63) is 71.6 Å². The lowest BCUT2D eigenvalue weighted by atomic mass is 9.84. The molecule has 2 aromatic rings. The Morgan fingerprint density at radius 2 is 1.87 bits per heavy atom. The van der Waals surface area contributed by atoms with E-state index >= 15 is 0 Å². The maximum Gasteiger partial charge on any atom is 0.318 e. The molecule has 0 saturated carbocycles. The normalized spacial score (nSPS) is 17.9. The van der Waals surface area contributed by atoms with Gasteiger partial charge in [0.1, 0.15) is 11.6 Å². The van der Waals surface area contributed by atoms with Gasteiger partial charge in [0.25, 0.3) is 0 Å². The Labute approximate surface area is 182 Å². The number of carbonyl (C=O) groups excluding carboxylic acids is 2. The van der Waals surface area contributed by atoms with E-state index < -0.39 is 5.92 Å². The summed E-state index contributed by atoms with van der Waals surface area (Å²) in [5.41, 5.74) is 2.93. The first kappa shape index (κ1) is 22.5. The lowest BCUT2D eigenvalue weighted by molar-refractivity contribution is -0.139. The third-order valence-electron chi connectivity index (χ3n) is 5.72. The van der Waals surface area contributed by atoms with Crippen LogP contribution in [0.5, 0.6) is 5.75 Å². The number of ether oxygens (including phenoxy) is 1. The van der Waals surface area contributed by atoms with Crippen molar-refractivity contribution in [2.45, 2.75) is 33.1 Å². The van der Waals surface area contributed by atoms with E-state index in [1.54, 1.807) is 18.2 Å². The van der Waals surface area contributed by atoms with E-state index in [4.69, 9.17) is 4.74 Å². The molecule has 6 heteroatoms. The van der Waals surface area contributed by atoms with Crippen LogP contribution in [0.25, 0.3) is 0 Å². The zero-order valence-electron chi connectivity index (χ0n) is 18.2. The predicted molar refractivity (Wildman–Crippen MR) is 120 cm³/mol. The van der Waals surface area contributed by atoms with Gasteiger partial charge in [-0.2, -0.15) is 0 Å². The van der Waals surface area contributed by atoms with Crippen molar-refractivity contribution >= 4 is 17.6 Å². The number of halogens is 1. The van der Waals surface area contributed by atoms with Gasteiger partial charge in [-0.05, 0) is 55.7 Å². The highest BCUT2D eigenvalue weighted by molar-refractivity contribution is 5.89. The fraction of sp³-hybridized carbons (Fsp3) is 0.360. The molecule has 31 heavy (non-hydrogen) atoms. The summed E-state index contributed by atoms with van der Waals surface area (Å²) >= 11 is 0. The number of carbonyl (C=O) groups is 2. The van der Waals surface area contributed by atoms with Gasteiger partial charge in [-0.1, -0.05) is 31.2 Å². The van der Waals surface area contributed by atoms with Crippen LogP contribution in [0.2, 0.25) is 0 Å². The minimum Gasteiger partial charge on any atom is -0.426 e. The van der Waals surface area contributed by atoms with Crippen LogP contribution in [0.1, 0.15) is 37.8 Å². The van der Waals surface area contributed by atoms with Crippen LogP contribution >= 0.6 is 0 Å². The van der Waals surface area contributed by atoms with Crippen molar-refractivity contribution in [3.8, 4) is 5.75 Å². The highest BCUT2D eigenvalue weighted by Gasteiger charge is 2.33.